The Hall–Kier alpha value is -3.93. The number of para-hydroxylation sites is 1. The quantitative estimate of drug-likeness (QED) is 0.358. The van der Waals surface area contributed by atoms with Crippen LogP contribution in [0, 0.1) is 0 Å². The standard InChI is InChI=1S/C29H30N2O4/c1-3-4-18-31-23(16-11-20-8-5-6-9-25(20)31)19-24-28(34)27(29(24)35)21-12-14-22(15-13-21)30(2)17-7-10-26(32)33/h5-6,8-9,11-16,19H,3-4,7,10,17-18H2,1-2H3,(H-,32,33,34,35). The van der Waals surface area contributed by atoms with E-state index in [0.717, 1.165) is 41.7 Å². The molecule has 0 aliphatic heterocycles. The van der Waals surface area contributed by atoms with Gasteiger partial charge < -0.3 is 15.1 Å². The zero-order valence-corrected chi connectivity index (χ0v) is 20.2. The number of fused-ring (bicyclic) bond motifs is 1. The molecule has 0 bridgehead atoms. The smallest absolute Gasteiger partial charge is 0.303 e. The van der Waals surface area contributed by atoms with Crippen molar-refractivity contribution in [2.75, 3.05) is 18.5 Å². The topological polar surface area (TPSA) is 84.5 Å². The maximum absolute atomic E-state index is 13.0. The van der Waals surface area contributed by atoms with Crippen LogP contribution in [0.2, 0.25) is 0 Å². The van der Waals surface area contributed by atoms with Crippen molar-refractivity contribution in [1.82, 2.24) is 0 Å². The predicted octanol–water partition coefficient (Wildman–Crippen LogP) is 3.97. The van der Waals surface area contributed by atoms with Crippen molar-refractivity contribution in [2.24, 2.45) is 0 Å². The highest BCUT2D eigenvalue weighted by Gasteiger charge is 2.29. The Balaban J connectivity index is 1.58. The summed E-state index contributed by atoms with van der Waals surface area (Å²) in [5, 5.41) is 22.9. The number of pyridine rings is 1. The number of anilines is 1. The van der Waals surface area contributed by atoms with Crippen LogP contribution in [-0.2, 0) is 16.1 Å². The van der Waals surface area contributed by atoms with E-state index >= 15 is 0 Å². The number of carbonyl (C=O) groups excluding carboxylic acids is 1. The van der Waals surface area contributed by atoms with Gasteiger partial charge in [-0.15, -0.1) is 0 Å². The molecule has 6 heteroatoms. The first-order chi connectivity index (χ1) is 16.9. The second-order valence-electron chi connectivity index (χ2n) is 8.88. The number of aryl methyl sites for hydroxylation is 1. The lowest BCUT2D eigenvalue weighted by Gasteiger charge is -2.30. The molecule has 2 aromatic carbocycles. The van der Waals surface area contributed by atoms with Crippen molar-refractivity contribution in [3.8, 4) is 0 Å². The Bertz CT molecular complexity index is 1320. The van der Waals surface area contributed by atoms with Crippen LogP contribution < -0.4 is 14.6 Å². The third-order valence-electron chi connectivity index (χ3n) is 6.42. The minimum absolute atomic E-state index is 0.119. The van der Waals surface area contributed by atoms with Gasteiger partial charge in [0.25, 0.3) is 0 Å². The minimum atomic E-state index is -0.810. The van der Waals surface area contributed by atoms with Crippen LogP contribution >= 0.6 is 0 Å². The molecule has 1 aliphatic rings. The summed E-state index contributed by atoms with van der Waals surface area (Å²) in [7, 11) is 1.89. The van der Waals surface area contributed by atoms with Crippen LogP contribution in [0.15, 0.2) is 72.0 Å². The van der Waals surface area contributed by atoms with Gasteiger partial charge in [0.1, 0.15) is 6.54 Å². The Morgan fingerprint density at radius 3 is 2.49 bits per heavy atom. The van der Waals surface area contributed by atoms with E-state index in [9.17, 15) is 14.7 Å². The van der Waals surface area contributed by atoms with Crippen LogP contribution in [0.4, 0.5) is 5.69 Å². The number of ketones is 1. The fourth-order valence-corrected chi connectivity index (χ4v) is 4.40. The summed E-state index contributed by atoms with van der Waals surface area (Å²) in [5.41, 5.74) is 3.89. The normalized spacial score (nSPS) is 14.5. The van der Waals surface area contributed by atoms with Gasteiger partial charge in [0.05, 0.1) is 0 Å². The number of carbonyl (C=O) groups is 2. The molecule has 3 aromatic rings. The zero-order valence-electron chi connectivity index (χ0n) is 20.2. The van der Waals surface area contributed by atoms with Gasteiger partial charge in [-0.2, -0.15) is 4.57 Å². The first kappa shape index (κ1) is 24.2. The van der Waals surface area contributed by atoms with Crippen LogP contribution in [0.5, 0.6) is 0 Å². The lowest BCUT2D eigenvalue weighted by atomic mass is 9.83. The van der Waals surface area contributed by atoms with Crippen molar-refractivity contribution in [3.63, 3.8) is 0 Å². The lowest BCUT2D eigenvalue weighted by Crippen LogP contribution is -2.38. The van der Waals surface area contributed by atoms with E-state index in [2.05, 4.69) is 23.6 Å². The van der Waals surface area contributed by atoms with E-state index in [-0.39, 0.29) is 29.1 Å². The fraction of sp³-hybridized carbons (Fsp3) is 0.276. The first-order valence-electron chi connectivity index (χ1n) is 12.0. The number of hydrogen-bond donors (Lipinski definition) is 1. The highest BCUT2D eigenvalue weighted by Crippen LogP contribution is 2.36. The van der Waals surface area contributed by atoms with Gasteiger partial charge in [0.15, 0.2) is 5.78 Å². The number of aliphatic carboxylic acids is 1. The molecule has 0 saturated carbocycles. The maximum atomic E-state index is 13.0. The number of unbranched alkanes of at least 4 members (excludes halogenated alkanes) is 1. The van der Waals surface area contributed by atoms with E-state index in [4.69, 9.17) is 5.11 Å². The van der Waals surface area contributed by atoms with Gasteiger partial charge in [0, 0.05) is 66.9 Å². The largest absolute Gasteiger partial charge is 0.871 e. The first-order valence-corrected chi connectivity index (χ1v) is 12.0. The summed E-state index contributed by atoms with van der Waals surface area (Å²) in [6.45, 7) is 3.57. The van der Waals surface area contributed by atoms with Gasteiger partial charge in [-0.25, -0.2) is 0 Å². The maximum Gasteiger partial charge on any atom is 0.303 e. The van der Waals surface area contributed by atoms with Crippen LogP contribution in [-0.4, -0.2) is 30.5 Å². The number of benzene rings is 2. The average molecular weight is 471 g/mol. The predicted molar refractivity (Wildman–Crippen MR) is 136 cm³/mol. The van der Waals surface area contributed by atoms with Gasteiger partial charge in [-0.1, -0.05) is 43.4 Å². The summed E-state index contributed by atoms with van der Waals surface area (Å²) in [6.07, 6.45) is 4.44. The summed E-state index contributed by atoms with van der Waals surface area (Å²) >= 11 is 0. The van der Waals surface area contributed by atoms with E-state index in [1.165, 1.54) is 0 Å². The van der Waals surface area contributed by atoms with Crippen molar-refractivity contribution in [2.45, 2.75) is 39.2 Å². The van der Waals surface area contributed by atoms with Crippen LogP contribution in [0.3, 0.4) is 0 Å². The zero-order chi connectivity index (χ0) is 24.9. The molecule has 4 rings (SSSR count). The third kappa shape index (κ3) is 5.11. The van der Waals surface area contributed by atoms with E-state index in [0.29, 0.717) is 18.5 Å². The molecule has 1 N–H and O–H groups in total. The molecule has 180 valence electrons. The molecule has 0 radical (unpaired) electrons. The van der Waals surface area contributed by atoms with Crippen molar-refractivity contribution in [3.05, 3.63) is 83.3 Å². The van der Waals surface area contributed by atoms with Crippen LogP contribution in [0.1, 0.15) is 43.9 Å². The SMILES string of the molecule is CCCC[n+]1c(C=C2C(=O)C(c3ccc(N(C)CCCC(=O)O)cc3)=C2[O-])ccc2ccccc21. The highest BCUT2D eigenvalue weighted by molar-refractivity contribution is 6.40. The molecule has 0 saturated heterocycles. The molecule has 0 unspecified atom stereocenters. The molecule has 1 heterocycles. The molecule has 6 nitrogen and oxygen atoms in total. The van der Waals surface area contributed by atoms with E-state index in [1.807, 2.05) is 48.3 Å². The summed E-state index contributed by atoms with van der Waals surface area (Å²) in [5.74, 6) is -1.27. The third-order valence-corrected chi connectivity index (χ3v) is 6.42. The molecule has 1 aliphatic carbocycles. The Labute approximate surface area is 205 Å². The summed E-state index contributed by atoms with van der Waals surface area (Å²) in [6, 6.07) is 19.4. The van der Waals surface area contributed by atoms with Gasteiger partial charge in [-0.05, 0) is 36.2 Å². The fourth-order valence-electron chi connectivity index (χ4n) is 4.40. The van der Waals surface area contributed by atoms with Gasteiger partial charge >= 0.3 is 5.97 Å². The van der Waals surface area contributed by atoms with E-state index < -0.39 is 5.97 Å². The summed E-state index contributed by atoms with van der Waals surface area (Å²) in [4.78, 5) is 25.7. The van der Waals surface area contributed by atoms with Crippen molar-refractivity contribution in [1.29, 1.82) is 0 Å². The molecule has 0 spiro atoms. The summed E-state index contributed by atoms with van der Waals surface area (Å²) < 4.78 is 2.18. The number of carboxylic acid groups (broad SMARTS) is 1. The number of hydrogen-bond acceptors (Lipinski definition) is 4. The van der Waals surface area contributed by atoms with Crippen molar-refractivity contribution >= 4 is 40.0 Å². The second-order valence-corrected chi connectivity index (χ2v) is 8.88. The second kappa shape index (κ2) is 10.6. The van der Waals surface area contributed by atoms with Crippen LogP contribution in [0.25, 0.3) is 22.6 Å². The molecule has 0 amide bonds. The Morgan fingerprint density at radius 2 is 1.80 bits per heavy atom. The number of aromatic nitrogens is 1. The number of Topliss-reactive ketones (excluding diaryl/α,β-unsaturated/α-hetero) is 1. The lowest BCUT2D eigenvalue weighted by molar-refractivity contribution is -0.673. The highest BCUT2D eigenvalue weighted by atomic mass is 16.4. The minimum Gasteiger partial charge on any atom is -0.871 e. The molecule has 0 atom stereocenters. The Morgan fingerprint density at radius 1 is 1.06 bits per heavy atom. The molecule has 0 fully saturated rings. The number of rotatable bonds is 10. The molecule has 35 heavy (non-hydrogen) atoms. The molecular formula is C29H30N2O4. The van der Waals surface area contributed by atoms with E-state index in [1.54, 1.807) is 18.2 Å². The Kier molecular flexibility index (Phi) is 7.30. The average Bonchev–Trinajstić information content (AvgIpc) is 2.86. The number of allylic oxidation sites excluding steroid dienone is 2. The van der Waals surface area contributed by atoms with Gasteiger partial charge in [0.2, 0.25) is 11.2 Å². The number of nitrogens with zero attached hydrogens (tertiary/aromatic N) is 2. The molecule has 1 aromatic heterocycles. The monoisotopic (exact) mass is 470 g/mol. The number of carboxylic acids is 1. The van der Waals surface area contributed by atoms with Gasteiger partial charge in [-0.3, -0.25) is 9.59 Å². The van der Waals surface area contributed by atoms with Crippen molar-refractivity contribution < 1.29 is 24.4 Å². The molecular weight excluding hydrogens is 440 g/mol.